The maximum atomic E-state index is 12.5. The second kappa shape index (κ2) is 6.92. The number of benzene rings is 1. The number of nitrogens with one attached hydrogen (secondary N) is 1. The minimum atomic E-state index is -0.838. The molecule has 120 valence electrons. The Kier molecular flexibility index (Phi) is 4.72. The molecule has 4 nitrogen and oxygen atoms in total. The van der Waals surface area contributed by atoms with Crippen molar-refractivity contribution in [1.29, 1.82) is 0 Å². The number of carbonyl (C=O) groups excluding carboxylic acids is 1. The minimum absolute atomic E-state index is 0.131. The molecule has 23 heavy (non-hydrogen) atoms. The van der Waals surface area contributed by atoms with E-state index >= 15 is 0 Å². The molecule has 1 saturated carbocycles. The molecule has 1 aromatic heterocycles. The molecule has 0 aliphatic heterocycles. The molecule has 1 aliphatic carbocycles. The number of hydrogen-bond donors (Lipinski definition) is 2. The average molecular weight is 310 g/mol. The van der Waals surface area contributed by atoms with Gasteiger partial charge in [-0.2, -0.15) is 0 Å². The molecule has 2 aromatic rings. The lowest BCUT2D eigenvalue weighted by Crippen LogP contribution is -2.37. The SMILES string of the molecule is O=C(CC1(O)CCCC1)N[C@@H](c1ccccc1)c1ccccn1. The van der Waals surface area contributed by atoms with Gasteiger partial charge in [0.25, 0.3) is 0 Å². The van der Waals surface area contributed by atoms with Crippen molar-refractivity contribution in [3.63, 3.8) is 0 Å². The molecule has 1 fully saturated rings. The number of carbonyl (C=O) groups is 1. The zero-order valence-corrected chi connectivity index (χ0v) is 13.1. The third kappa shape index (κ3) is 3.96. The maximum Gasteiger partial charge on any atom is 0.223 e. The Morgan fingerprint density at radius 3 is 2.48 bits per heavy atom. The molecule has 1 aromatic carbocycles. The van der Waals surface area contributed by atoms with Gasteiger partial charge in [0.1, 0.15) is 0 Å². The van der Waals surface area contributed by atoms with Crippen molar-refractivity contribution in [2.24, 2.45) is 0 Å². The summed E-state index contributed by atoms with van der Waals surface area (Å²) in [5.74, 6) is -0.131. The van der Waals surface area contributed by atoms with Gasteiger partial charge in [0.05, 0.1) is 23.8 Å². The van der Waals surface area contributed by atoms with Crippen LogP contribution in [0.25, 0.3) is 0 Å². The van der Waals surface area contributed by atoms with E-state index < -0.39 is 5.60 Å². The first kappa shape index (κ1) is 15.7. The topological polar surface area (TPSA) is 62.2 Å². The number of aromatic nitrogens is 1. The number of hydrogen-bond acceptors (Lipinski definition) is 3. The predicted octanol–water partition coefficient (Wildman–Crippen LogP) is 2.98. The summed E-state index contributed by atoms with van der Waals surface area (Å²) < 4.78 is 0. The Morgan fingerprint density at radius 1 is 1.13 bits per heavy atom. The van der Waals surface area contributed by atoms with Gasteiger partial charge >= 0.3 is 0 Å². The normalized spacial score (nSPS) is 17.6. The predicted molar refractivity (Wildman–Crippen MR) is 88.7 cm³/mol. The first-order chi connectivity index (χ1) is 11.2. The molecule has 0 radical (unpaired) electrons. The summed E-state index contributed by atoms with van der Waals surface area (Å²) in [4.78, 5) is 16.8. The van der Waals surface area contributed by atoms with E-state index in [1.165, 1.54) is 0 Å². The van der Waals surface area contributed by atoms with Crippen molar-refractivity contribution < 1.29 is 9.90 Å². The Balaban J connectivity index is 1.78. The first-order valence-corrected chi connectivity index (χ1v) is 8.14. The lowest BCUT2D eigenvalue weighted by molar-refractivity contribution is -0.126. The summed E-state index contributed by atoms with van der Waals surface area (Å²) in [5, 5.41) is 13.5. The lowest BCUT2D eigenvalue weighted by Gasteiger charge is -2.24. The monoisotopic (exact) mass is 310 g/mol. The molecule has 2 N–H and O–H groups in total. The van der Waals surface area contributed by atoms with Crippen LogP contribution in [0.5, 0.6) is 0 Å². The molecule has 1 atom stereocenters. The fourth-order valence-electron chi connectivity index (χ4n) is 3.24. The maximum absolute atomic E-state index is 12.5. The van der Waals surface area contributed by atoms with Gasteiger partial charge < -0.3 is 10.4 Å². The molecule has 0 bridgehead atoms. The van der Waals surface area contributed by atoms with E-state index in [0.717, 1.165) is 24.1 Å². The number of amides is 1. The van der Waals surface area contributed by atoms with Crippen molar-refractivity contribution in [1.82, 2.24) is 10.3 Å². The van der Waals surface area contributed by atoms with Crippen molar-refractivity contribution >= 4 is 5.91 Å². The highest BCUT2D eigenvalue weighted by Gasteiger charge is 2.34. The highest BCUT2D eigenvalue weighted by Crippen LogP contribution is 2.32. The van der Waals surface area contributed by atoms with Crippen molar-refractivity contribution in [2.75, 3.05) is 0 Å². The Bertz CT molecular complexity index is 597. The van der Waals surface area contributed by atoms with Crippen molar-refractivity contribution in [3.8, 4) is 0 Å². The summed E-state index contributed by atoms with van der Waals surface area (Å²) in [6.07, 6.45) is 5.28. The van der Waals surface area contributed by atoms with Crippen LogP contribution in [-0.4, -0.2) is 21.6 Å². The second-order valence-corrected chi connectivity index (χ2v) is 6.27. The van der Waals surface area contributed by atoms with Gasteiger partial charge in [-0.3, -0.25) is 9.78 Å². The highest BCUT2D eigenvalue weighted by atomic mass is 16.3. The smallest absolute Gasteiger partial charge is 0.223 e. The Morgan fingerprint density at radius 2 is 1.83 bits per heavy atom. The number of nitrogens with zero attached hydrogens (tertiary/aromatic N) is 1. The first-order valence-electron chi connectivity index (χ1n) is 8.14. The summed E-state index contributed by atoms with van der Waals surface area (Å²) in [5.41, 5.74) is 0.943. The van der Waals surface area contributed by atoms with Gasteiger partial charge in [-0.1, -0.05) is 49.2 Å². The van der Waals surface area contributed by atoms with Crippen LogP contribution in [0.3, 0.4) is 0 Å². The molecule has 1 heterocycles. The van der Waals surface area contributed by atoms with Crippen LogP contribution in [0.2, 0.25) is 0 Å². The average Bonchev–Trinajstić information content (AvgIpc) is 3.00. The third-order valence-corrected chi connectivity index (χ3v) is 4.45. The van der Waals surface area contributed by atoms with Crippen LogP contribution in [0, 0.1) is 0 Å². The molecular formula is C19H22N2O2. The molecule has 1 aliphatic rings. The molecular weight excluding hydrogens is 288 g/mol. The van der Waals surface area contributed by atoms with E-state index in [1.807, 2.05) is 48.5 Å². The van der Waals surface area contributed by atoms with E-state index in [-0.39, 0.29) is 18.4 Å². The quantitative estimate of drug-likeness (QED) is 0.892. The molecule has 0 unspecified atom stereocenters. The van der Waals surface area contributed by atoms with Crippen LogP contribution < -0.4 is 5.32 Å². The molecule has 0 spiro atoms. The van der Waals surface area contributed by atoms with Gasteiger partial charge in [0.2, 0.25) is 5.91 Å². The molecule has 0 saturated heterocycles. The van der Waals surface area contributed by atoms with Gasteiger partial charge in [-0.25, -0.2) is 0 Å². The molecule has 4 heteroatoms. The van der Waals surface area contributed by atoms with Crippen LogP contribution in [0.4, 0.5) is 0 Å². The lowest BCUT2D eigenvalue weighted by atomic mass is 9.96. The summed E-state index contributed by atoms with van der Waals surface area (Å²) in [6, 6.07) is 15.2. The summed E-state index contributed by atoms with van der Waals surface area (Å²) in [6.45, 7) is 0. The van der Waals surface area contributed by atoms with Crippen molar-refractivity contribution in [2.45, 2.75) is 43.7 Å². The second-order valence-electron chi connectivity index (χ2n) is 6.27. The fraction of sp³-hybridized carbons (Fsp3) is 0.368. The summed E-state index contributed by atoms with van der Waals surface area (Å²) in [7, 11) is 0. The van der Waals surface area contributed by atoms with Gasteiger partial charge in [0, 0.05) is 6.20 Å². The zero-order chi connectivity index (χ0) is 16.1. The van der Waals surface area contributed by atoms with Crippen LogP contribution >= 0.6 is 0 Å². The summed E-state index contributed by atoms with van der Waals surface area (Å²) >= 11 is 0. The van der Waals surface area contributed by atoms with E-state index in [2.05, 4.69) is 10.3 Å². The van der Waals surface area contributed by atoms with Crippen LogP contribution in [0.15, 0.2) is 54.7 Å². The number of rotatable bonds is 5. The standard InChI is InChI=1S/C19H22N2O2/c22-17(14-19(23)11-5-6-12-19)21-18(15-8-2-1-3-9-15)16-10-4-7-13-20-16/h1-4,7-10,13,18,23H,5-6,11-12,14H2,(H,21,22)/t18-/m0/s1. The van der Waals surface area contributed by atoms with Gasteiger partial charge in [-0.05, 0) is 30.5 Å². The fourth-order valence-corrected chi connectivity index (χ4v) is 3.24. The Labute approximate surface area is 136 Å². The third-order valence-electron chi connectivity index (χ3n) is 4.45. The number of pyridine rings is 1. The zero-order valence-electron chi connectivity index (χ0n) is 13.1. The number of aliphatic hydroxyl groups is 1. The largest absolute Gasteiger partial charge is 0.389 e. The van der Waals surface area contributed by atoms with Crippen LogP contribution in [0.1, 0.15) is 49.4 Å². The van der Waals surface area contributed by atoms with E-state index in [4.69, 9.17) is 0 Å². The van der Waals surface area contributed by atoms with Gasteiger partial charge in [-0.15, -0.1) is 0 Å². The Hall–Kier alpha value is -2.20. The molecule has 1 amide bonds. The van der Waals surface area contributed by atoms with E-state index in [1.54, 1.807) is 6.20 Å². The van der Waals surface area contributed by atoms with Crippen molar-refractivity contribution in [3.05, 3.63) is 66.0 Å². The molecule has 3 rings (SSSR count). The van der Waals surface area contributed by atoms with Crippen LogP contribution in [-0.2, 0) is 4.79 Å². The van der Waals surface area contributed by atoms with E-state index in [0.29, 0.717) is 12.8 Å². The minimum Gasteiger partial charge on any atom is -0.389 e. The highest BCUT2D eigenvalue weighted by molar-refractivity contribution is 5.78. The van der Waals surface area contributed by atoms with Gasteiger partial charge in [0.15, 0.2) is 0 Å². The van der Waals surface area contributed by atoms with E-state index in [9.17, 15) is 9.90 Å².